The van der Waals surface area contributed by atoms with Gasteiger partial charge in [-0.1, -0.05) is 0 Å². The lowest BCUT2D eigenvalue weighted by Gasteiger charge is -2.40. The van der Waals surface area contributed by atoms with Crippen molar-refractivity contribution in [1.82, 2.24) is 10.6 Å². The number of nitrogens with one attached hydrogen (secondary N) is 3. The van der Waals surface area contributed by atoms with Crippen molar-refractivity contribution in [3.05, 3.63) is 0 Å². The molecular formula is C10H18N7O8S+. The first-order valence-electron chi connectivity index (χ1n) is 7.23. The maximum absolute atomic E-state index is 10.9. The van der Waals surface area contributed by atoms with E-state index in [9.17, 15) is 28.0 Å². The molecule has 1 spiro atoms. The molecular weight excluding hydrogens is 378 g/mol. The van der Waals surface area contributed by atoms with Crippen molar-refractivity contribution in [2.45, 2.75) is 29.6 Å². The van der Waals surface area contributed by atoms with Crippen molar-refractivity contribution >= 4 is 28.4 Å². The van der Waals surface area contributed by atoms with Crippen LogP contribution >= 0.6 is 0 Å². The molecule has 26 heavy (non-hydrogen) atoms. The van der Waals surface area contributed by atoms with E-state index in [4.69, 9.17) is 21.9 Å². The number of rotatable bonds is 4. The summed E-state index contributed by atoms with van der Waals surface area (Å²) in [6.07, 6.45) is -2.96. The predicted molar refractivity (Wildman–Crippen MR) is 78.3 cm³/mol. The summed E-state index contributed by atoms with van der Waals surface area (Å²) in [5.41, 5.74) is 14.6. The number of hydrogen-bond donors (Lipinski definition) is 8. The van der Waals surface area contributed by atoms with Gasteiger partial charge in [-0.05, 0) is 0 Å². The second-order valence-corrected chi connectivity index (χ2v) is 7.03. The number of primary amides is 1. The molecule has 3 aliphatic heterocycles. The lowest BCUT2D eigenvalue weighted by Crippen LogP contribution is -2.91. The molecule has 1 saturated heterocycles. The van der Waals surface area contributed by atoms with E-state index in [-0.39, 0.29) is 18.5 Å². The molecule has 3 aliphatic rings. The van der Waals surface area contributed by atoms with E-state index >= 15 is 0 Å². The van der Waals surface area contributed by atoms with E-state index in [1.165, 1.54) is 0 Å². The second kappa shape index (κ2) is 5.55. The zero-order valence-corrected chi connectivity index (χ0v) is 13.9. The Bertz CT molecular complexity index is 810. The van der Waals surface area contributed by atoms with Crippen LogP contribution in [-0.2, 0) is 19.3 Å². The molecule has 0 bridgehead atoms. The first-order chi connectivity index (χ1) is 11.9. The summed E-state index contributed by atoms with van der Waals surface area (Å²) in [5, 5.41) is 26.7. The van der Waals surface area contributed by atoms with E-state index in [1.54, 1.807) is 0 Å². The van der Waals surface area contributed by atoms with Crippen LogP contribution < -0.4 is 32.8 Å². The third-order valence-corrected chi connectivity index (χ3v) is 5.00. The van der Waals surface area contributed by atoms with Gasteiger partial charge in [-0.3, -0.25) is 26.0 Å². The zero-order chi connectivity index (χ0) is 19.5. The van der Waals surface area contributed by atoms with Gasteiger partial charge in [0, 0.05) is 0 Å². The Morgan fingerprint density at radius 2 is 2.12 bits per heavy atom. The van der Waals surface area contributed by atoms with Crippen molar-refractivity contribution in [3.63, 3.8) is 0 Å². The predicted octanol–water partition coefficient (Wildman–Crippen LogP) is -8.02. The Morgan fingerprint density at radius 3 is 2.69 bits per heavy atom. The minimum atomic E-state index is -5.26. The maximum atomic E-state index is 10.9. The average molecular weight is 396 g/mol. The van der Waals surface area contributed by atoms with Crippen molar-refractivity contribution in [2.75, 3.05) is 13.2 Å². The van der Waals surface area contributed by atoms with Gasteiger partial charge in [0.1, 0.15) is 19.2 Å². The molecule has 0 aromatic carbocycles. The lowest BCUT2D eigenvalue weighted by molar-refractivity contribution is -0.674. The third-order valence-electron chi connectivity index (χ3n) is 4.54. The van der Waals surface area contributed by atoms with Crippen molar-refractivity contribution in [1.29, 1.82) is 0 Å². The smallest absolute Gasteiger partial charge is 0.404 e. The van der Waals surface area contributed by atoms with Crippen LogP contribution in [0.5, 0.6) is 0 Å². The fourth-order valence-electron chi connectivity index (χ4n) is 3.61. The summed E-state index contributed by atoms with van der Waals surface area (Å²) in [6.45, 7) is -0.811. The number of nitrogens with two attached hydrogens (primary N) is 3. The summed E-state index contributed by atoms with van der Waals surface area (Å²) < 4.78 is 43.0. The van der Waals surface area contributed by atoms with Crippen LogP contribution in [0.15, 0.2) is 0 Å². The Hall–Kier alpha value is -2.40. The van der Waals surface area contributed by atoms with Crippen LogP contribution in [0.25, 0.3) is 0 Å². The summed E-state index contributed by atoms with van der Waals surface area (Å²) in [7, 11) is -5.26. The molecule has 0 saturated carbocycles. The summed E-state index contributed by atoms with van der Waals surface area (Å²) in [4.78, 5) is 13.6. The third kappa shape index (κ3) is 2.58. The maximum Gasteiger partial charge on any atom is 0.404 e. The van der Waals surface area contributed by atoms with Gasteiger partial charge in [0.15, 0.2) is 12.1 Å². The fraction of sp³-hybridized carbons (Fsp3) is 0.700. The molecule has 15 nitrogen and oxygen atoms in total. The van der Waals surface area contributed by atoms with E-state index in [0.717, 1.165) is 4.58 Å². The summed E-state index contributed by atoms with van der Waals surface area (Å²) >= 11 is 0. The number of nitrogens with zero attached hydrogens (tertiary/aromatic N) is 1. The molecule has 3 rings (SSSR count). The molecule has 16 heteroatoms. The minimum absolute atomic E-state index is 0.0984. The zero-order valence-electron chi connectivity index (χ0n) is 13.1. The molecule has 3 heterocycles. The Kier molecular flexibility index (Phi) is 3.92. The van der Waals surface area contributed by atoms with Gasteiger partial charge in [-0.15, -0.1) is 0 Å². The van der Waals surface area contributed by atoms with E-state index in [2.05, 4.69) is 19.8 Å². The van der Waals surface area contributed by atoms with Gasteiger partial charge in [0.2, 0.25) is 10.4 Å². The Morgan fingerprint density at radius 1 is 1.46 bits per heavy atom. The number of guanidine groups is 2. The largest absolute Gasteiger partial charge is 0.726 e. The number of aliphatic hydroxyl groups is 2. The number of carbonyl (C=O) groups is 1. The highest BCUT2D eigenvalue weighted by Crippen LogP contribution is 2.39. The highest BCUT2D eigenvalue weighted by Gasteiger charge is 2.78. The SMILES string of the molecule is NC(=O)OCC1NC(N)=[N+]2CC(OS(=O)(=O)[O-])C(O)(O)C23NC(N)=[NH+]C13. The quantitative estimate of drug-likeness (QED) is 0.0954. The van der Waals surface area contributed by atoms with Gasteiger partial charge in [-0.25, -0.2) is 23.1 Å². The summed E-state index contributed by atoms with van der Waals surface area (Å²) in [6, 6.07) is -1.86. The number of carbonyl (C=O) groups excluding carboxylic acids is 1. The van der Waals surface area contributed by atoms with Crippen LogP contribution in [0.3, 0.4) is 0 Å². The van der Waals surface area contributed by atoms with Gasteiger partial charge in [0.05, 0.1) is 0 Å². The summed E-state index contributed by atoms with van der Waals surface area (Å²) in [5.74, 6) is -3.18. The highest BCUT2D eigenvalue weighted by molar-refractivity contribution is 7.80. The second-order valence-electron chi connectivity index (χ2n) is 6.02. The molecule has 0 aliphatic carbocycles. The molecule has 4 unspecified atom stereocenters. The number of amides is 1. The van der Waals surface area contributed by atoms with Crippen molar-refractivity contribution in [2.24, 2.45) is 17.2 Å². The fourth-order valence-corrected chi connectivity index (χ4v) is 4.09. The highest BCUT2D eigenvalue weighted by atomic mass is 32.3. The first kappa shape index (κ1) is 18.4. The topological polar surface area (TPSA) is 252 Å². The Balaban J connectivity index is 2.05. The van der Waals surface area contributed by atoms with Gasteiger partial charge >= 0.3 is 18.0 Å². The van der Waals surface area contributed by atoms with Gasteiger partial charge in [0.25, 0.3) is 11.4 Å². The average Bonchev–Trinajstić information content (AvgIpc) is 2.93. The Labute approximate surface area is 146 Å². The lowest BCUT2D eigenvalue weighted by atomic mass is 9.86. The van der Waals surface area contributed by atoms with Crippen molar-refractivity contribution in [3.8, 4) is 0 Å². The van der Waals surface area contributed by atoms with Crippen LogP contribution in [0.4, 0.5) is 4.79 Å². The molecule has 4 atom stereocenters. The van der Waals surface area contributed by atoms with E-state index in [0.29, 0.717) is 0 Å². The molecule has 0 aromatic rings. The normalized spacial score (nSPS) is 35.0. The first-order valence-corrected chi connectivity index (χ1v) is 8.56. The molecule has 1 amide bonds. The van der Waals surface area contributed by atoms with Gasteiger partial charge < -0.3 is 25.2 Å². The van der Waals surface area contributed by atoms with Crippen molar-refractivity contribution < 1.29 is 46.5 Å². The van der Waals surface area contributed by atoms with Crippen LogP contribution in [-0.4, -0.2) is 88.6 Å². The molecule has 0 aromatic heterocycles. The monoisotopic (exact) mass is 396 g/mol. The van der Waals surface area contributed by atoms with Crippen LogP contribution in [0.1, 0.15) is 0 Å². The number of hydrogen-bond acceptors (Lipinski definition) is 12. The molecule has 0 radical (unpaired) electrons. The molecule has 1 fully saturated rings. The van der Waals surface area contributed by atoms with E-state index in [1.807, 2.05) is 0 Å². The molecule has 146 valence electrons. The van der Waals surface area contributed by atoms with E-state index < -0.39 is 52.7 Å². The number of ether oxygens (including phenoxy) is 1. The van der Waals surface area contributed by atoms with Gasteiger partial charge in [-0.2, -0.15) is 0 Å². The minimum Gasteiger partial charge on any atom is -0.726 e. The van der Waals surface area contributed by atoms with Crippen LogP contribution in [0, 0.1) is 0 Å². The van der Waals surface area contributed by atoms with Crippen LogP contribution in [0.2, 0.25) is 0 Å². The molecule has 11 N–H and O–H groups in total. The standard InChI is InChI=1S/C10H17N7O8S/c11-6-15-5-3(2-24-8(13)18)14-7(12)17-1-4(25-26(21,22)23)10(19,20)9(5,17)16-6/h3-5,19-20H,1-2H2,(H8,11,12,13,14,15,16,18,21,22,23)/p+1.